The van der Waals surface area contributed by atoms with E-state index >= 15 is 0 Å². The molecule has 28 heavy (non-hydrogen) atoms. The van der Waals surface area contributed by atoms with E-state index in [4.69, 9.17) is 0 Å². The molecule has 1 aromatic heterocycles. The number of carbonyl (C=O) groups excluding carboxylic acids is 2. The van der Waals surface area contributed by atoms with Crippen molar-refractivity contribution in [2.75, 3.05) is 39.8 Å². The van der Waals surface area contributed by atoms with Gasteiger partial charge in [-0.25, -0.2) is 0 Å². The fraction of sp³-hybridized carbons (Fsp3) is 0.750. The summed E-state index contributed by atoms with van der Waals surface area (Å²) in [5, 5.41) is 7.92. The van der Waals surface area contributed by atoms with Gasteiger partial charge in [-0.05, 0) is 44.7 Å². The van der Waals surface area contributed by atoms with Gasteiger partial charge in [-0.3, -0.25) is 14.3 Å². The Kier molecular flexibility index (Phi) is 8.76. The third kappa shape index (κ3) is 5.47. The number of hydrogen-bond donors (Lipinski definition) is 1. The molecule has 2 amide bonds. The van der Waals surface area contributed by atoms with Gasteiger partial charge in [0, 0.05) is 45.3 Å². The van der Waals surface area contributed by atoms with Gasteiger partial charge in [-0.1, -0.05) is 13.3 Å². The molecule has 158 valence electrons. The summed E-state index contributed by atoms with van der Waals surface area (Å²) in [5.41, 5.74) is 0.519. The van der Waals surface area contributed by atoms with E-state index in [0.717, 1.165) is 58.2 Å². The Hall–Kier alpha value is -1.60. The number of amides is 2. The lowest BCUT2D eigenvalue weighted by Crippen LogP contribution is -2.43. The van der Waals surface area contributed by atoms with Crippen LogP contribution >= 0.6 is 12.4 Å². The maximum atomic E-state index is 12.8. The van der Waals surface area contributed by atoms with Gasteiger partial charge in [0.2, 0.25) is 5.91 Å². The molecule has 0 spiro atoms. The van der Waals surface area contributed by atoms with E-state index in [1.807, 2.05) is 33.8 Å². The third-order valence-corrected chi connectivity index (χ3v) is 5.83. The molecule has 3 heterocycles. The van der Waals surface area contributed by atoms with Crippen molar-refractivity contribution in [3.63, 3.8) is 0 Å². The van der Waals surface area contributed by atoms with Gasteiger partial charge in [0.25, 0.3) is 5.91 Å². The molecule has 1 atom stereocenters. The zero-order chi connectivity index (χ0) is 19.2. The van der Waals surface area contributed by atoms with Crippen LogP contribution in [-0.2, 0) is 4.79 Å². The van der Waals surface area contributed by atoms with Gasteiger partial charge in [0.05, 0.1) is 6.04 Å². The summed E-state index contributed by atoms with van der Waals surface area (Å²) >= 11 is 0. The monoisotopic (exact) mass is 411 g/mol. The first-order valence-electron chi connectivity index (χ1n) is 10.4. The molecule has 0 radical (unpaired) electrons. The van der Waals surface area contributed by atoms with Gasteiger partial charge < -0.3 is 15.1 Å². The highest BCUT2D eigenvalue weighted by atomic mass is 35.5. The average molecular weight is 412 g/mol. The van der Waals surface area contributed by atoms with Crippen molar-refractivity contribution in [1.82, 2.24) is 24.9 Å². The summed E-state index contributed by atoms with van der Waals surface area (Å²) in [4.78, 5) is 29.0. The van der Waals surface area contributed by atoms with Gasteiger partial charge >= 0.3 is 0 Å². The van der Waals surface area contributed by atoms with E-state index in [9.17, 15) is 9.59 Å². The second-order valence-corrected chi connectivity index (χ2v) is 7.86. The van der Waals surface area contributed by atoms with Crippen LogP contribution in [0.25, 0.3) is 0 Å². The highest BCUT2D eigenvalue weighted by Crippen LogP contribution is 2.22. The van der Waals surface area contributed by atoms with Crippen molar-refractivity contribution in [2.24, 2.45) is 5.92 Å². The van der Waals surface area contributed by atoms with Crippen LogP contribution in [0.15, 0.2) is 12.3 Å². The first kappa shape index (κ1) is 22.7. The number of halogens is 1. The number of nitrogens with one attached hydrogen (secondary N) is 1. The largest absolute Gasteiger partial charge is 0.346 e. The molecule has 0 saturated carbocycles. The van der Waals surface area contributed by atoms with E-state index in [1.54, 1.807) is 0 Å². The molecule has 0 aromatic carbocycles. The van der Waals surface area contributed by atoms with Crippen molar-refractivity contribution in [3.05, 3.63) is 18.0 Å². The lowest BCUT2D eigenvalue weighted by Gasteiger charge is -2.33. The predicted octanol–water partition coefficient (Wildman–Crippen LogP) is 2.34. The van der Waals surface area contributed by atoms with Crippen molar-refractivity contribution >= 4 is 24.2 Å². The van der Waals surface area contributed by atoms with Crippen molar-refractivity contribution in [2.45, 2.75) is 51.5 Å². The molecule has 2 fully saturated rings. The highest BCUT2D eigenvalue weighted by molar-refractivity contribution is 5.92. The minimum atomic E-state index is -0.0113. The smallest absolute Gasteiger partial charge is 0.274 e. The molecular weight excluding hydrogens is 378 g/mol. The Morgan fingerprint density at radius 3 is 2.68 bits per heavy atom. The lowest BCUT2D eigenvalue weighted by molar-refractivity contribution is -0.135. The van der Waals surface area contributed by atoms with E-state index < -0.39 is 0 Å². The number of carbonyl (C=O) groups is 2. The predicted molar refractivity (Wildman–Crippen MR) is 112 cm³/mol. The Bertz CT molecular complexity index is 636. The third-order valence-electron chi connectivity index (χ3n) is 5.83. The molecular formula is C20H34ClN5O2. The summed E-state index contributed by atoms with van der Waals surface area (Å²) in [6.45, 7) is 6.19. The standard InChI is InChI=1S/C20H33N5O2.ClH/c1-3-4-11-23(2)19(26)16-7-12-24(13-8-16)20(27)18-9-14-25(22-18)17-6-5-10-21-15-17;/h9,14,16-17,21H,3-8,10-13,15H2,1-2H3;1H. The fourth-order valence-electron chi connectivity index (χ4n) is 4.02. The zero-order valence-electron chi connectivity index (χ0n) is 17.1. The summed E-state index contributed by atoms with van der Waals surface area (Å²) < 4.78 is 1.93. The Balaban J connectivity index is 0.00000280. The SMILES string of the molecule is CCCCN(C)C(=O)C1CCN(C(=O)c2ccn(C3CCCNC3)n2)CC1.Cl. The van der Waals surface area contributed by atoms with Crippen molar-refractivity contribution in [3.8, 4) is 0 Å². The van der Waals surface area contributed by atoms with E-state index in [-0.39, 0.29) is 30.1 Å². The van der Waals surface area contributed by atoms with Crippen LogP contribution < -0.4 is 5.32 Å². The van der Waals surface area contributed by atoms with E-state index in [0.29, 0.717) is 24.8 Å². The summed E-state index contributed by atoms with van der Waals surface area (Å²) in [6.07, 6.45) is 7.78. The minimum Gasteiger partial charge on any atom is -0.346 e. The van der Waals surface area contributed by atoms with Gasteiger partial charge in [-0.2, -0.15) is 5.10 Å². The number of likely N-dealkylation sites (tertiary alicyclic amines) is 1. The van der Waals surface area contributed by atoms with Gasteiger partial charge in [-0.15, -0.1) is 12.4 Å². The first-order valence-corrected chi connectivity index (χ1v) is 10.4. The summed E-state index contributed by atoms with van der Waals surface area (Å²) in [7, 11) is 1.89. The molecule has 8 heteroatoms. The molecule has 0 aliphatic carbocycles. The van der Waals surface area contributed by atoms with Crippen LogP contribution in [0, 0.1) is 5.92 Å². The molecule has 2 saturated heterocycles. The number of piperidine rings is 2. The highest BCUT2D eigenvalue weighted by Gasteiger charge is 2.30. The van der Waals surface area contributed by atoms with Gasteiger partial charge in [0.15, 0.2) is 0 Å². The second-order valence-electron chi connectivity index (χ2n) is 7.86. The molecule has 2 aliphatic heterocycles. The number of nitrogens with zero attached hydrogens (tertiary/aromatic N) is 4. The van der Waals surface area contributed by atoms with Crippen LogP contribution in [-0.4, -0.2) is 71.2 Å². The first-order chi connectivity index (χ1) is 13.1. The molecule has 1 N–H and O–H groups in total. The lowest BCUT2D eigenvalue weighted by atomic mass is 9.95. The van der Waals surface area contributed by atoms with Crippen LogP contribution in [0.4, 0.5) is 0 Å². The number of aromatic nitrogens is 2. The average Bonchev–Trinajstić information content (AvgIpc) is 3.22. The minimum absolute atomic E-state index is 0. The Morgan fingerprint density at radius 1 is 1.29 bits per heavy atom. The van der Waals surface area contributed by atoms with Crippen LogP contribution in [0.3, 0.4) is 0 Å². The maximum Gasteiger partial charge on any atom is 0.274 e. The molecule has 1 unspecified atom stereocenters. The fourth-order valence-corrected chi connectivity index (χ4v) is 4.02. The summed E-state index contributed by atoms with van der Waals surface area (Å²) in [5.74, 6) is 0.258. The van der Waals surface area contributed by atoms with E-state index in [1.165, 1.54) is 0 Å². The molecule has 0 bridgehead atoms. The molecule has 7 nitrogen and oxygen atoms in total. The van der Waals surface area contributed by atoms with Gasteiger partial charge in [0.1, 0.15) is 5.69 Å². The normalized spacial score (nSPS) is 20.5. The maximum absolute atomic E-state index is 12.8. The number of hydrogen-bond acceptors (Lipinski definition) is 4. The Morgan fingerprint density at radius 2 is 2.04 bits per heavy atom. The molecule has 2 aliphatic rings. The van der Waals surface area contributed by atoms with Crippen LogP contribution in [0.2, 0.25) is 0 Å². The Labute approximate surface area is 174 Å². The van der Waals surface area contributed by atoms with Crippen LogP contribution in [0.5, 0.6) is 0 Å². The zero-order valence-corrected chi connectivity index (χ0v) is 17.9. The topological polar surface area (TPSA) is 70.5 Å². The van der Waals surface area contributed by atoms with Crippen molar-refractivity contribution < 1.29 is 9.59 Å². The molecule has 3 rings (SSSR count). The number of rotatable bonds is 6. The van der Waals surface area contributed by atoms with E-state index in [2.05, 4.69) is 17.3 Å². The van der Waals surface area contributed by atoms with Crippen LogP contribution in [0.1, 0.15) is 62.0 Å². The summed E-state index contributed by atoms with van der Waals surface area (Å²) in [6, 6.07) is 2.16. The molecule has 1 aromatic rings. The second kappa shape index (κ2) is 10.8. The quantitative estimate of drug-likeness (QED) is 0.779. The number of unbranched alkanes of at least 4 members (excludes halogenated alkanes) is 1. The van der Waals surface area contributed by atoms with Crippen molar-refractivity contribution in [1.29, 1.82) is 0 Å².